The van der Waals surface area contributed by atoms with Gasteiger partial charge in [0.2, 0.25) is 0 Å². The molecule has 5 nitrogen and oxygen atoms in total. The summed E-state index contributed by atoms with van der Waals surface area (Å²) in [6, 6.07) is 43.4. The van der Waals surface area contributed by atoms with E-state index < -0.39 is 6.85 Å². The van der Waals surface area contributed by atoms with Gasteiger partial charge in [-0.1, -0.05) is 97.1 Å². The summed E-state index contributed by atoms with van der Waals surface area (Å²) in [4.78, 5) is 24.6. The average molecular weight is 555 g/mol. The van der Waals surface area contributed by atoms with Gasteiger partial charge in [0.1, 0.15) is 5.69 Å². The number of pyridine rings is 3. The smallest absolute Gasteiger partial charge is 0.116 e. The van der Waals surface area contributed by atoms with Crippen molar-refractivity contribution >= 4 is 32.8 Å². The van der Waals surface area contributed by atoms with Crippen LogP contribution in [-0.4, -0.2) is 24.9 Å². The molecular formula is C38H25N5. The van der Waals surface area contributed by atoms with Gasteiger partial charge in [0.25, 0.3) is 0 Å². The Morgan fingerprint density at radius 3 is 1.74 bits per heavy atom. The van der Waals surface area contributed by atoms with E-state index in [4.69, 9.17) is 24.0 Å². The Bertz CT molecular complexity index is 2410. The molecule has 0 N–H and O–H groups in total. The van der Waals surface area contributed by atoms with Crippen LogP contribution in [0.2, 0.25) is 0 Å². The minimum absolute atomic E-state index is 0.0408. The second-order valence-electron chi connectivity index (χ2n) is 10.4. The van der Waals surface area contributed by atoms with Crippen molar-refractivity contribution in [3.8, 4) is 45.2 Å². The van der Waals surface area contributed by atoms with E-state index in [9.17, 15) is 0 Å². The second kappa shape index (κ2) is 10.2. The number of nitrogens with zero attached hydrogens (tertiary/aromatic N) is 5. The van der Waals surface area contributed by atoms with Crippen LogP contribution in [0.25, 0.3) is 78.0 Å². The normalized spacial score (nSPS) is 12.7. The molecule has 202 valence electrons. The van der Waals surface area contributed by atoms with Crippen molar-refractivity contribution in [3.05, 3.63) is 139 Å². The van der Waals surface area contributed by atoms with Gasteiger partial charge in [-0.05, 0) is 54.4 Å². The van der Waals surface area contributed by atoms with Crippen LogP contribution in [0.4, 0.5) is 0 Å². The van der Waals surface area contributed by atoms with Gasteiger partial charge in [-0.3, -0.25) is 4.98 Å². The zero-order chi connectivity index (χ0) is 31.3. The van der Waals surface area contributed by atoms with Crippen molar-refractivity contribution in [2.24, 2.45) is 0 Å². The fraction of sp³-hybridized carbons (Fsp3) is 0.0263. The number of aryl methyl sites for hydroxylation is 1. The lowest BCUT2D eigenvalue weighted by Crippen LogP contribution is -1.98. The predicted octanol–water partition coefficient (Wildman–Crippen LogP) is 9.10. The summed E-state index contributed by atoms with van der Waals surface area (Å²) < 4.78 is 23.5. The lowest BCUT2D eigenvalue weighted by Gasteiger charge is -2.12. The van der Waals surface area contributed by atoms with Gasteiger partial charge in [-0.15, -0.1) is 0 Å². The van der Waals surface area contributed by atoms with Crippen LogP contribution in [0.15, 0.2) is 133 Å². The number of benzene rings is 4. The Hall–Kier alpha value is -5.81. The van der Waals surface area contributed by atoms with E-state index in [0.29, 0.717) is 33.8 Å². The van der Waals surface area contributed by atoms with Crippen LogP contribution in [0.3, 0.4) is 0 Å². The van der Waals surface area contributed by atoms with Gasteiger partial charge in [0.05, 0.1) is 44.8 Å². The summed E-state index contributed by atoms with van der Waals surface area (Å²) in [5.74, 6) is 0. The van der Waals surface area contributed by atoms with E-state index in [-0.39, 0.29) is 5.69 Å². The van der Waals surface area contributed by atoms with E-state index >= 15 is 0 Å². The van der Waals surface area contributed by atoms with E-state index in [2.05, 4.69) is 41.4 Å². The van der Waals surface area contributed by atoms with Gasteiger partial charge in [-0.25, -0.2) is 19.9 Å². The predicted molar refractivity (Wildman–Crippen MR) is 174 cm³/mol. The third-order valence-electron chi connectivity index (χ3n) is 7.61. The maximum atomic E-state index is 7.85. The zero-order valence-electron chi connectivity index (χ0n) is 25.9. The molecule has 8 rings (SSSR count). The fourth-order valence-corrected chi connectivity index (χ4v) is 5.45. The zero-order valence-corrected chi connectivity index (χ0v) is 22.9. The van der Waals surface area contributed by atoms with Crippen LogP contribution in [-0.2, 0) is 0 Å². The minimum Gasteiger partial charge on any atom is -0.251 e. The molecule has 43 heavy (non-hydrogen) atoms. The summed E-state index contributed by atoms with van der Waals surface area (Å²) in [5.41, 5.74) is 9.37. The first kappa shape index (κ1) is 21.9. The molecule has 0 unspecified atom stereocenters. The second-order valence-corrected chi connectivity index (χ2v) is 10.4. The molecule has 0 amide bonds. The van der Waals surface area contributed by atoms with Gasteiger partial charge < -0.3 is 0 Å². The molecule has 0 aliphatic rings. The van der Waals surface area contributed by atoms with Gasteiger partial charge in [0.15, 0.2) is 0 Å². The molecule has 0 fully saturated rings. The number of hydrogen-bond donors (Lipinski definition) is 0. The first-order chi connectivity index (χ1) is 22.4. The molecule has 0 atom stereocenters. The third-order valence-corrected chi connectivity index (χ3v) is 7.61. The van der Waals surface area contributed by atoms with Crippen LogP contribution in [0.5, 0.6) is 0 Å². The van der Waals surface area contributed by atoms with Crippen molar-refractivity contribution in [2.75, 3.05) is 0 Å². The van der Waals surface area contributed by atoms with E-state index in [1.807, 2.05) is 84.9 Å². The van der Waals surface area contributed by atoms with Crippen molar-refractivity contribution in [1.29, 1.82) is 0 Å². The largest absolute Gasteiger partial charge is 0.251 e. The number of fused-ring (bicyclic) bond motifs is 4. The molecule has 0 spiro atoms. The molecule has 0 saturated heterocycles. The van der Waals surface area contributed by atoms with Crippen LogP contribution in [0, 0.1) is 6.85 Å². The number of para-hydroxylation sites is 2. The maximum absolute atomic E-state index is 7.85. The van der Waals surface area contributed by atoms with E-state index in [0.717, 1.165) is 44.2 Å². The van der Waals surface area contributed by atoms with Crippen LogP contribution in [0.1, 0.15) is 9.81 Å². The highest BCUT2D eigenvalue weighted by molar-refractivity contribution is 6.03. The standard InChI is InChI=1S/C38H25N5/c1-24-14-15-27-20-21-29-22-23-33(42-36(29)35(27)39-24)30-12-7-13-34(40-30)38-37(41-31-10-5-6-11-32(31)43-38)28-18-16-26(17-19-28)25-8-3-2-4-9-25/h2-23H,1H3/i1D3. The average Bonchev–Trinajstić information content (AvgIpc) is 3.10. The van der Waals surface area contributed by atoms with Gasteiger partial charge in [-0.2, -0.15) is 0 Å². The molecule has 0 aliphatic carbocycles. The molecule has 0 aliphatic heterocycles. The molecular weight excluding hydrogens is 526 g/mol. The number of hydrogen-bond acceptors (Lipinski definition) is 5. The molecule has 0 bridgehead atoms. The Labute approximate surface area is 252 Å². The first-order valence-electron chi connectivity index (χ1n) is 15.5. The maximum Gasteiger partial charge on any atom is 0.116 e. The fourth-order valence-electron chi connectivity index (χ4n) is 5.45. The lowest BCUT2D eigenvalue weighted by molar-refractivity contribution is 1.22. The number of aromatic nitrogens is 5. The van der Waals surface area contributed by atoms with Gasteiger partial charge >= 0.3 is 0 Å². The van der Waals surface area contributed by atoms with Crippen molar-refractivity contribution < 1.29 is 4.11 Å². The quantitative estimate of drug-likeness (QED) is 0.203. The Morgan fingerprint density at radius 2 is 0.977 bits per heavy atom. The highest BCUT2D eigenvalue weighted by atomic mass is 14.9. The van der Waals surface area contributed by atoms with E-state index in [1.165, 1.54) is 0 Å². The highest BCUT2D eigenvalue weighted by Gasteiger charge is 2.16. The lowest BCUT2D eigenvalue weighted by atomic mass is 10.0. The molecule has 4 aromatic carbocycles. The van der Waals surface area contributed by atoms with Crippen molar-refractivity contribution in [2.45, 2.75) is 6.85 Å². The van der Waals surface area contributed by atoms with Crippen molar-refractivity contribution in [3.63, 3.8) is 0 Å². The Morgan fingerprint density at radius 1 is 0.395 bits per heavy atom. The number of rotatable bonds is 4. The van der Waals surface area contributed by atoms with Crippen molar-refractivity contribution in [1.82, 2.24) is 24.9 Å². The molecule has 4 heterocycles. The van der Waals surface area contributed by atoms with Crippen LogP contribution < -0.4 is 0 Å². The van der Waals surface area contributed by atoms with E-state index in [1.54, 1.807) is 12.1 Å². The Kier molecular flexibility index (Phi) is 5.20. The summed E-state index contributed by atoms with van der Waals surface area (Å²) in [6.07, 6.45) is 0. The third kappa shape index (κ3) is 4.57. The monoisotopic (exact) mass is 554 g/mol. The molecule has 0 saturated carbocycles. The molecule has 5 heteroatoms. The minimum atomic E-state index is -2.32. The molecule has 0 radical (unpaired) electrons. The Balaban J connectivity index is 1.26. The molecule has 8 aromatic rings. The molecule has 4 aromatic heterocycles. The van der Waals surface area contributed by atoms with Crippen LogP contribution >= 0.6 is 0 Å². The SMILES string of the molecule is [2H]C([2H])([2H])c1ccc2ccc3ccc(-c4cccc(-c5nc6ccccc6nc5-c5ccc(-c6ccccc6)cc5)n4)nc3c2n1. The highest BCUT2D eigenvalue weighted by Crippen LogP contribution is 2.33. The summed E-state index contributed by atoms with van der Waals surface area (Å²) in [7, 11) is 0. The van der Waals surface area contributed by atoms with Gasteiger partial charge in [0, 0.05) is 26.1 Å². The topological polar surface area (TPSA) is 64.5 Å². The summed E-state index contributed by atoms with van der Waals surface area (Å²) >= 11 is 0. The summed E-state index contributed by atoms with van der Waals surface area (Å²) in [5, 5.41) is 1.69. The summed E-state index contributed by atoms with van der Waals surface area (Å²) in [6.45, 7) is -2.32. The first-order valence-corrected chi connectivity index (χ1v) is 14.0.